The molecule has 1 fully saturated rings. The van der Waals surface area contributed by atoms with E-state index in [-0.39, 0.29) is 0 Å². The van der Waals surface area contributed by atoms with E-state index >= 15 is 0 Å². The molecule has 0 aliphatic heterocycles. The molecule has 5 heteroatoms. The molecule has 1 aliphatic rings. The Labute approximate surface area is 124 Å². The highest BCUT2D eigenvalue weighted by Gasteiger charge is 2.36. The van der Waals surface area contributed by atoms with Gasteiger partial charge in [-0.25, -0.2) is 0 Å². The van der Waals surface area contributed by atoms with Crippen LogP contribution in [0.15, 0.2) is 10.7 Å². The monoisotopic (exact) mass is 329 g/mol. The van der Waals surface area contributed by atoms with E-state index < -0.39 is 0 Å². The molecule has 19 heavy (non-hydrogen) atoms. The van der Waals surface area contributed by atoms with Crippen LogP contribution in [0.3, 0.4) is 0 Å². The van der Waals surface area contributed by atoms with E-state index in [0.29, 0.717) is 24.5 Å². The number of halogens is 1. The van der Waals surface area contributed by atoms with Gasteiger partial charge in [-0.3, -0.25) is 4.68 Å². The second-order valence-electron chi connectivity index (χ2n) is 5.30. The predicted molar refractivity (Wildman–Crippen MR) is 80.4 cm³/mol. The Morgan fingerprint density at radius 1 is 1.53 bits per heavy atom. The van der Waals surface area contributed by atoms with Gasteiger partial charge in [0.15, 0.2) is 0 Å². The van der Waals surface area contributed by atoms with E-state index in [1.807, 2.05) is 6.20 Å². The lowest BCUT2D eigenvalue weighted by Crippen LogP contribution is -2.32. The van der Waals surface area contributed by atoms with Crippen LogP contribution in [0.5, 0.6) is 0 Å². The van der Waals surface area contributed by atoms with Crippen molar-refractivity contribution in [1.29, 1.82) is 0 Å². The molecule has 1 aromatic rings. The molecule has 1 N–H and O–H groups in total. The van der Waals surface area contributed by atoms with E-state index in [1.165, 1.54) is 18.5 Å². The van der Waals surface area contributed by atoms with Crippen molar-refractivity contribution in [2.45, 2.75) is 45.2 Å². The minimum Gasteiger partial charge on any atom is -0.383 e. The minimum atomic E-state index is 0.581. The van der Waals surface area contributed by atoms with Crippen LogP contribution in [0, 0.1) is 5.92 Å². The van der Waals surface area contributed by atoms with Crippen LogP contribution in [-0.4, -0.2) is 36.1 Å². The third kappa shape index (κ3) is 3.20. The summed E-state index contributed by atoms with van der Waals surface area (Å²) in [7, 11) is 1.73. The van der Waals surface area contributed by atoms with Crippen molar-refractivity contribution in [3.63, 3.8) is 0 Å². The quantitative estimate of drug-likeness (QED) is 0.872. The first-order chi connectivity index (χ1) is 9.19. The molecular formula is C14H24BrN3O. The molecule has 108 valence electrons. The van der Waals surface area contributed by atoms with Gasteiger partial charge in [0.05, 0.1) is 29.5 Å². The summed E-state index contributed by atoms with van der Waals surface area (Å²) in [4.78, 5) is 0. The van der Waals surface area contributed by atoms with Crippen LogP contribution >= 0.6 is 15.9 Å². The van der Waals surface area contributed by atoms with Gasteiger partial charge in [-0.15, -0.1) is 0 Å². The molecule has 4 nitrogen and oxygen atoms in total. The van der Waals surface area contributed by atoms with Crippen LogP contribution in [0.2, 0.25) is 0 Å². The molecule has 0 radical (unpaired) electrons. The van der Waals surface area contributed by atoms with Crippen LogP contribution in [0.1, 0.15) is 38.3 Å². The van der Waals surface area contributed by atoms with Gasteiger partial charge in [-0.1, -0.05) is 13.8 Å². The smallest absolute Gasteiger partial charge is 0.0658 e. The highest BCUT2D eigenvalue weighted by atomic mass is 79.9. The zero-order valence-corrected chi connectivity index (χ0v) is 13.6. The van der Waals surface area contributed by atoms with E-state index in [2.05, 4.69) is 44.9 Å². The number of nitrogens with one attached hydrogen (secondary N) is 1. The third-order valence-corrected chi connectivity index (χ3v) is 4.83. The largest absolute Gasteiger partial charge is 0.383 e. The summed E-state index contributed by atoms with van der Waals surface area (Å²) in [6.07, 6.45) is 4.40. The first-order valence-electron chi connectivity index (χ1n) is 7.12. The van der Waals surface area contributed by atoms with Gasteiger partial charge in [-0.05, 0) is 41.2 Å². The Bertz CT molecular complexity index is 407. The summed E-state index contributed by atoms with van der Waals surface area (Å²) in [5.74, 6) is 1.23. The van der Waals surface area contributed by atoms with E-state index in [1.54, 1.807) is 7.11 Å². The second-order valence-corrected chi connectivity index (χ2v) is 6.16. The highest BCUT2D eigenvalue weighted by Crippen LogP contribution is 2.42. The standard InChI is InChI=1S/C14H24BrN3O/c1-4-16-13-6-5-11(10(13)2)14-12(15)9-17-18(14)7-8-19-3/h9-11,13,16H,4-8H2,1-3H3. The summed E-state index contributed by atoms with van der Waals surface area (Å²) < 4.78 is 8.41. The molecular weight excluding hydrogens is 306 g/mol. The maximum absolute atomic E-state index is 5.17. The van der Waals surface area contributed by atoms with Crippen LogP contribution in [0.25, 0.3) is 0 Å². The minimum absolute atomic E-state index is 0.581. The Morgan fingerprint density at radius 3 is 3.00 bits per heavy atom. The molecule has 0 bridgehead atoms. The van der Waals surface area contributed by atoms with Gasteiger partial charge in [-0.2, -0.15) is 5.10 Å². The first-order valence-corrected chi connectivity index (χ1v) is 7.91. The molecule has 0 spiro atoms. The van der Waals surface area contributed by atoms with Gasteiger partial charge in [0.2, 0.25) is 0 Å². The molecule has 0 saturated heterocycles. The SMILES string of the molecule is CCNC1CCC(c2c(Br)cnn2CCOC)C1C. The molecule has 2 rings (SSSR count). The molecule has 1 heterocycles. The normalized spacial score (nSPS) is 27.1. The predicted octanol–water partition coefficient (Wildman–Crippen LogP) is 2.78. The topological polar surface area (TPSA) is 39.1 Å². The highest BCUT2D eigenvalue weighted by molar-refractivity contribution is 9.10. The van der Waals surface area contributed by atoms with Gasteiger partial charge in [0.1, 0.15) is 0 Å². The summed E-state index contributed by atoms with van der Waals surface area (Å²) in [5, 5.41) is 8.07. The van der Waals surface area contributed by atoms with Crippen LogP contribution < -0.4 is 5.32 Å². The number of aromatic nitrogens is 2. The number of ether oxygens (including phenoxy) is 1. The second kappa shape index (κ2) is 6.86. The lowest BCUT2D eigenvalue weighted by atomic mass is 9.92. The van der Waals surface area contributed by atoms with E-state index in [4.69, 9.17) is 4.74 Å². The summed E-state index contributed by atoms with van der Waals surface area (Å²) in [5.41, 5.74) is 1.34. The fourth-order valence-corrected chi connectivity index (χ4v) is 3.79. The number of methoxy groups -OCH3 is 1. The fourth-order valence-electron chi connectivity index (χ4n) is 3.20. The van der Waals surface area contributed by atoms with Crippen molar-refractivity contribution in [1.82, 2.24) is 15.1 Å². The van der Waals surface area contributed by atoms with Gasteiger partial charge in [0, 0.05) is 19.1 Å². The summed E-state index contributed by atoms with van der Waals surface area (Å²) >= 11 is 3.66. The van der Waals surface area contributed by atoms with Crippen molar-refractivity contribution >= 4 is 15.9 Å². The van der Waals surface area contributed by atoms with Crippen molar-refractivity contribution in [2.24, 2.45) is 5.92 Å². The number of nitrogens with zero attached hydrogens (tertiary/aromatic N) is 2. The van der Waals surface area contributed by atoms with Crippen molar-refractivity contribution in [3.05, 3.63) is 16.4 Å². The molecule has 0 aromatic carbocycles. The molecule has 1 aliphatic carbocycles. The van der Waals surface area contributed by atoms with Crippen molar-refractivity contribution < 1.29 is 4.74 Å². The van der Waals surface area contributed by atoms with E-state index in [9.17, 15) is 0 Å². The van der Waals surface area contributed by atoms with Crippen LogP contribution in [0.4, 0.5) is 0 Å². The Morgan fingerprint density at radius 2 is 2.32 bits per heavy atom. The van der Waals surface area contributed by atoms with Crippen LogP contribution in [-0.2, 0) is 11.3 Å². The van der Waals surface area contributed by atoms with Gasteiger partial charge >= 0.3 is 0 Å². The maximum Gasteiger partial charge on any atom is 0.0658 e. The van der Waals surface area contributed by atoms with Gasteiger partial charge < -0.3 is 10.1 Å². The summed E-state index contributed by atoms with van der Waals surface area (Å²) in [6, 6.07) is 0.632. The first kappa shape index (κ1) is 15.0. The molecule has 1 saturated carbocycles. The van der Waals surface area contributed by atoms with Crippen molar-refractivity contribution in [3.8, 4) is 0 Å². The Balaban J connectivity index is 2.15. The van der Waals surface area contributed by atoms with Crippen molar-refractivity contribution in [2.75, 3.05) is 20.3 Å². The number of hydrogen-bond donors (Lipinski definition) is 1. The zero-order chi connectivity index (χ0) is 13.8. The Kier molecular flexibility index (Phi) is 5.42. The van der Waals surface area contributed by atoms with E-state index in [0.717, 1.165) is 17.6 Å². The molecule has 3 unspecified atom stereocenters. The fraction of sp³-hybridized carbons (Fsp3) is 0.786. The number of hydrogen-bond acceptors (Lipinski definition) is 3. The zero-order valence-electron chi connectivity index (χ0n) is 12.0. The third-order valence-electron chi connectivity index (χ3n) is 4.22. The molecule has 3 atom stereocenters. The lowest BCUT2D eigenvalue weighted by Gasteiger charge is -2.22. The molecule has 0 amide bonds. The Hall–Kier alpha value is -0.390. The maximum atomic E-state index is 5.17. The van der Waals surface area contributed by atoms with Gasteiger partial charge in [0.25, 0.3) is 0 Å². The summed E-state index contributed by atoms with van der Waals surface area (Å²) in [6.45, 7) is 7.11. The number of rotatable bonds is 6. The lowest BCUT2D eigenvalue weighted by molar-refractivity contribution is 0.181. The average Bonchev–Trinajstić information content (AvgIpc) is 2.92. The average molecular weight is 330 g/mol. The molecule has 1 aromatic heterocycles.